The summed E-state index contributed by atoms with van der Waals surface area (Å²) >= 11 is 0. The third-order valence-corrected chi connectivity index (χ3v) is 2.73. The number of nitrogens with zero attached hydrogens (tertiary/aromatic N) is 2. The van der Waals surface area contributed by atoms with Crippen molar-refractivity contribution >= 4 is 11.8 Å². The zero-order valence-corrected chi connectivity index (χ0v) is 9.15. The van der Waals surface area contributed by atoms with E-state index in [0.29, 0.717) is 5.69 Å². The summed E-state index contributed by atoms with van der Waals surface area (Å²) in [6.07, 6.45) is 1.54. The molecule has 0 atom stereocenters. The summed E-state index contributed by atoms with van der Waals surface area (Å²) in [5, 5.41) is 3.33. The molecule has 1 aromatic carbocycles. The first-order chi connectivity index (χ1) is 7.88. The van der Waals surface area contributed by atoms with E-state index in [1.54, 1.807) is 6.08 Å². The van der Waals surface area contributed by atoms with Gasteiger partial charge in [-0.3, -0.25) is 4.90 Å². The Bertz CT molecular complexity index is 376. The molecule has 0 radical (unpaired) electrons. The molecule has 0 spiro atoms. The maximum Gasteiger partial charge on any atom is 0.240 e. The molecule has 84 valence electrons. The van der Waals surface area contributed by atoms with Crippen molar-refractivity contribution in [2.75, 3.05) is 26.2 Å². The monoisotopic (exact) mass is 217 g/mol. The van der Waals surface area contributed by atoms with Gasteiger partial charge < -0.3 is 5.32 Å². The van der Waals surface area contributed by atoms with Crippen molar-refractivity contribution in [2.45, 2.75) is 6.54 Å². The highest BCUT2D eigenvalue weighted by molar-refractivity contribution is 5.49. The smallest absolute Gasteiger partial charge is 0.240 e. The van der Waals surface area contributed by atoms with Crippen LogP contribution in [0.2, 0.25) is 0 Å². The molecular weight excluding hydrogens is 202 g/mol. The minimum atomic E-state index is 0.666. The lowest BCUT2D eigenvalue weighted by atomic mass is 10.2. The fourth-order valence-corrected chi connectivity index (χ4v) is 1.86. The Hall–Kier alpha value is -1.48. The largest absolute Gasteiger partial charge is 0.314 e. The van der Waals surface area contributed by atoms with Crippen LogP contribution in [-0.4, -0.2) is 37.2 Å². The van der Waals surface area contributed by atoms with Crippen molar-refractivity contribution in [1.82, 2.24) is 10.2 Å². The van der Waals surface area contributed by atoms with E-state index in [1.807, 2.05) is 24.3 Å². The molecule has 0 bridgehead atoms. The maximum absolute atomic E-state index is 10.1. The number of hydrogen-bond donors (Lipinski definition) is 1. The first-order valence-electron chi connectivity index (χ1n) is 5.48. The second kappa shape index (κ2) is 5.56. The van der Waals surface area contributed by atoms with E-state index in [1.165, 1.54) is 5.56 Å². The number of nitrogens with one attached hydrogen (secondary N) is 1. The summed E-state index contributed by atoms with van der Waals surface area (Å²) in [6, 6.07) is 7.72. The van der Waals surface area contributed by atoms with Gasteiger partial charge in [-0.2, -0.15) is 4.99 Å². The molecule has 0 aromatic heterocycles. The number of benzene rings is 1. The molecule has 0 saturated carbocycles. The molecule has 0 amide bonds. The molecule has 1 fully saturated rings. The third kappa shape index (κ3) is 3.00. The van der Waals surface area contributed by atoms with Gasteiger partial charge in [0.05, 0.1) is 5.69 Å². The van der Waals surface area contributed by atoms with E-state index in [0.717, 1.165) is 32.7 Å². The molecule has 0 aliphatic carbocycles. The molecule has 0 unspecified atom stereocenters. The van der Waals surface area contributed by atoms with Crippen LogP contribution in [0.4, 0.5) is 5.69 Å². The SMILES string of the molecule is O=C=Nc1ccc(CN2CCNCC2)cc1. The van der Waals surface area contributed by atoms with E-state index >= 15 is 0 Å². The normalized spacial score (nSPS) is 16.8. The van der Waals surface area contributed by atoms with E-state index in [4.69, 9.17) is 0 Å². The van der Waals surface area contributed by atoms with Crippen molar-refractivity contribution in [2.24, 2.45) is 4.99 Å². The van der Waals surface area contributed by atoms with Crippen LogP contribution < -0.4 is 5.32 Å². The number of piperazine rings is 1. The van der Waals surface area contributed by atoms with Crippen LogP contribution in [0.1, 0.15) is 5.56 Å². The van der Waals surface area contributed by atoms with E-state index in [2.05, 4.69) is 15.2 Å². The lowest BCUT2D eigenvalue weighted by Gasteiger charge is -2.27. The van der Waals surface area contributed by atoms with Gasteiger partial charge in [-0.25, -0.2) is 4.79 Å². The standard InChI is InChI=1S/C12H15N3O/c16-10-14-12-3-1-11(2-4-12)9-15-7-5-13-6-8-15/h1-4,13H,5-9H2. The number of carbonyl (C=O) groups excluding carboxylic acids is 1. The van der Waals surface area contributed by atoms with Gasteiger partial charge in [-0.05, 0) is 17.7 Å². The lowest BCUT2D eigenvalue weighted by molar-refractivity contribution is 0.233. The lowest BCUT2D eigenvalue weighted by Crippen LogP contribution is -2.42. The highest BCUT2D eigenvalue weighted by atomic mass is 16.1. The van der Waals surface area contributed by atoms with Gasteiger partial charge in [-0.1, -0.05) is 12.1 Å². The Morgan fingerprint density at radius 1 is 1.25 bits per heavy atom. The van der Waals surface area contributed by atoms with Gasteiger partial charge in [-0.15, -0.1) is 0 Å². The number of isocyanates is 1. The van der Waals surface area contributed by atoms with Crippen LogP contribution in [0, 0.1) is 0 Å². The minimum Gasteiger partial charge on any atom is -0.314 e. The van der Waals surface area contributed by atoms with E-state index in [9.17, 15) is 4.79 Å². The van der Waals surface area contributed by atoms with Crippen molar-refractivity contribution in [3.63, 3.8) is 0 Å². The Balaban J connectivity index is 1.96. The molecule has 1 N–H and O–H groups in total. The maximum atomic E-state index is 10.1. The van der Waals surface area contributed by atoms with Crippen LogP contribution in [0.25, 0.3) is 0 Å². The summed E-state index contributed by atoms with van der Waals surface area (Å²) in [7, 11) is 0. The number of aliphatic imine (C=N–C) groups is 1. The summed E-state index contributed by atoms with van der Waals surface area (Å²) < 4.78 is 0. The molecule has 1 heterocycles. The first-order valence-corrected chi connectivity index (χ1v) is 5.48. The van der Waals surface area contributed by atoms with Gasteiger partial charge in [0.2, 0.25) is 6.08 Å². The number of hydrogen-bond acceptors (Lipinski definition) is 4. The van der Waals surface area contributed by atoms with Crippen molar-refractivity contribution < 1.29 is 4.79 Å². The van der Waals surface area contributed by atoms with E-state index < -0.39 is 0 Å². The predicted molar refractivity (Wildman–Crippen MR) is 62.4 cm³/mol. The fourth-order valence-electron chi connectivity index (χ4n) is 1.86. The second-order valence-electron chi connectivity index (χ2n) is 3.90. The molecule has 4 heteroatoms. The van der Waals surface area contributed by atoms with Gasteiger partial charge in [0.25, 0.3) is 0 Å². The number of rotatable bonds is 3. The Labute approximate surface area is 95.0 Å². The average molecular weight is 217 g/mol. The summed E-state index contributed by atoms with van der Waals surface area (Å²) in [5.74, 6) is 0. The zero-order chi connectivity index (χ0) is 11.2. The molecular formula is C12H15N3O. The molecule has 1 aromatic rings. The Morgan fingerprint density at radius 3 is 2.56 bits per heavy atom. The molecule has 16 heavy (non-hydrogen) atoms. The quantitative estimate of drug-likeness (QED) is 0.608. The van der Waals surface area contributed by atoms with Crippen LogP contribution in [0.3, 0.4) is 0 Å². The average Bonchev–Trinajstić information content (AvgIpc) is 2.33. The molecule has 1 aliphatic rings. The minimum absolute atomic E-state index is 0.666. The highest BCUT2D eigenvalue weighted by Gasteiger charge is 2.09. The van der Waals surface area contributed by atoms with E-state index in [-0.39, 0.29) is 0 Å². The summed E-state index contributed by atoms with van der Waals surface area (Å²) in [6.45, 7) is 5.27. The summed E-state index contributed by atoms with van der Waals surface area (Å²) in [5.41, 5.74) is 1.92. The first kappa shape index (κ1) is 11.0. The van der Waals surface area contributed by atoms with Crippen LogP contribution in [-0.2, 0) is 11.3 Å². The molecule has 1 saturated heterocycles. The third-order valence-electron chi connectivity index (χ3n) is 2.73. The molecule has 2 rings (SSSR count). The Kier molecular flexibility index (Phi) is 3.83. The highest BCUT2D eigenvalue weighted by Crippen LogP contribution is 2.13. The van der Waals surface area contributed by atoms with Gasteiger partial charge >= 0.3 is 0 Å². The van der Waals surface area contributed by atoms with Crippen LogP contribution >= 0.6 is 0 Å². The van der Waals surface area contributed by atoms with Gasteiger partial charge in [0.15, 0.2) is 0 Å². The predicted octanol–water partition coefficient (Wildman–Crippen LogP) is 1.06. The molecule has 1 aliphatic heterocycles. The fraction of sp³-hybridized carbons (Fsp3) is 0.417. The zero-order valence-electron chi connectivity index (χ0n) is 9.15. The van der Waals surface area contributed by atoms with Gasteiger partial charge in [0.1, 0.15) is 0 Å². The van der Waals surface area contributed by atoms with Crippen LogP contribution in [0.5, 0.6) is 0 Å². The Morgan fingerprint density at radius 2 is 1.94 bits per heavy atom. The van der Waals surface area contributed by atoms with Crippen LogP contribution in [0.15, 0.2) is 29.3 Å². The van der Waals surface area contributed by atoms with Crippen molar-refractivity contribution in [3.05, 3.63) is 29.8 Å². The van der Waals surface area contributed by atoms with Crippen molar-refractivity contribution in [1.29, 1.82) is 0 Å². The topological polar surface area (TPSA) is 44.7 Å². The second-order valence-corrected chi connectivity index (χ2v) is 3.90. The van der Waals surface area contributed by atoms with Crippen molar-refractivity contribution in [3.8, 4) is 0 Å². The summed E-state index contributed by atoms with van der Waals surface area (Å²) in [4.78, 5) is 16.0. The van der Waals surface area contributed by atoms with Gasteiger partial charge in [0, 0.05) is 32.7 Å². The molecule has 4 nitrogen and oxygen atoms in total.